The topological polar surface area (TPSA) is 24.7 Å². The Hall–Kier alpha value is -5.61. The lowest BCUT2D eigenvalue weighted by Crippen LogP contribution is -2.46. The number of hydrogen-bond acceptors (Lipinski definition) is 2. The third-order valence-corrected chi connectivity index (χ3v) is 13.6. The van der Waals surface area contributed by atoms with Crippen molar-refractivity contribution in [3.8, 4) is 0 Å². The predicted octanol–water partition coefficient (Wildman–Crippen LogP) is 12.8. The van der Waals surface area contributed by atoms with Crippen LogP contribution in [0.25, 0.3) is 77.8 Å². The second-order valence-corrected chi connectivity index (χ2v) is 17.9. The maximum Gasteiger partial charge on any atom is 0.198 e. The summed E-state index contributed by atoms with van der Waals surface area (Å²) in [5, 5.41) is 9.11. The molecule has 0 N–H and O–H groups in total. The van der Waals surface area contributed by atoms with Crippen molar-refractivity contribution in [2.75, 3.05) is 7.05 Å². The van der Waals surface area contributed by atoms with Gasteiger partial charge in [-0.15, -0.1) is 0 Å². The number of aromatic nitrogens is 2. The fourth-order valence-corrected chi connectivity index (χ4v) is 10.7. The lowest BCUT2D eigenvalue weighted by atomic mass is 9.81. The molecule has 3 aliphatic rings. The van der Waals surface area contributed by atoms with Gasteiger partial charge in [0.15, 0.2) is 17.6 Å². The van der Waals surface area contributed by atoms with Gasteiger partial charge in [0, 0.05) is 75.8 Å². The first-order valence-electron chi connectivity index (χ1n) is 20.7. The van der Waals surface area contributed by atoms with Crippen molar-refractivity contribution in [1.82, 2.24) is 9.30 Å². The average Bonchev–Trinajstić information content (AvgIpc) is 3.84. The standard InChI is InChI=1S/C52H50N3O/c1-8-9-19-43-36-17-11-10-16-35(36)31(3)45(53(43)7)27-34-24-32-25-46-39(28-38(32)49-30(2)15-14-23-54(34)49)40-29-41-37-18-12-13-20-47(37)56-51(41)48-42-26-33(52(4,5)6)21-22-44(42)55(46)50(40)48/h8-12,14,16-19,21-26,28-31,45H,13,15,20,27H2,1-7H3/q+1/b9-8-,43-19-. The van der Waals surface area contributed by atoms with E-state index in [1.165, 1.54) is 93.6 Å². The number of rotatable bonds is 3. The van der Waals surface area contributed by atoms with E-state index in [1.807, 2.05) is 0 Å². The van der Waals surface area contributed by atoms with E-state index in [-0.39, 0.29) is 5.41 Å². The molecule has 4 heteroatoms. The van der Waals surface area contributed by atoms with Crippen LogP contribution in [0.3, 0.4) is 0 Å². The molecule has 1 aliphatic carbocycles. The van der Waals surface area contributed by atoms with Crippen LogP contribution in [0, 0.1) is 0 Å². The molecule has 0 saturated carbocycles. The zero-order valence-electron chi connectivity index (χ0n) is 33.7. The van der Waals surface area contributed by atoms with Crippen molar-refractivity contribution in [3.63, 3.8) is 0 Å². The van der Waals surface area contributed by atoms with Gasteiger partial charge in [-0.05, 0) is 84.2 Å². The summed E-state index contributed by atoms with van der Waals surface area (Å²) >= 11 is 0. The van der Waals surface area contributed by atoms with Crippen LogP contribution < -0.4 is 4.57 Å². The molecule has 11 rings (SSSR count). The number of allylic oxidation sites excluding steroid dienone is 5. The van der Waals surface area contributed by atoms with E-state index in [1.54, 1.807) is 0 Å². The Kier molecular flexibility index (Phi) is 7.19. The first kappa shape index (κ1) is 33.7. The van der Waals surface area contributed by atoms with Crippen LogP contribution in [0.1, 0.15) is 106 Å². The van der Waals surface area contributed by atoms with Crippen LogP contribution in [-0.2, 0) is 18.3 Å². The number of furan rings is 1. The maximum absolute atomic E-state index is 6.87. The van der Waals surface area contributed by atoms with Gasteiger partial charge in [0.1, 0.15) is 11.3 Å². The monoisotopic (exact) mass is 732 g/mol. The summed E-state index contributed by atoms with van der Waals surface area (Å²) in [6, 6.07) is 26.5. The van der Waals surface area contributed by atoms with E-state index in [0.717, 1.165) is 37.0 Å². The fraction of sp³-hybridized carbons (Fsp3) is 0.288. The molecule has 4 aromatic heterocycles. The molecule has 0 saturated heterocycles. The van der Waals surface area contributed by atoms with Crippen molar-refractivity contribution in [1.29, 1.82) is 0 Å². The third-order valence-electron chi connectivity index (χ3n) is 13.6. The number of hydrogen-bond donors (Lipinski definition) is 0. The normalized spacial score (nSPS) is 20.6. The highest BCUT2D eigenvalue weighted by molar-refractivity contribution is 6.31. The molecule has 0 amide bonds. The van der Waals surface area contributed by atoms with Gasteiger partial charge >= 0.3 is 0 Å². The average molecular weight is 733 g/mol. The Morgan fingerprint density at radius 3 is 2.57 bits per heavy atom. The summed E-state index contributed by atoms with van der Waals surface area (Å²) in [5.41, 5.74) is 14.4. The summed E-state index contributed by atoms with van der Waals surface area (Å²) in [4.78, 5) is 2.54. The van der Waals surface area contributed by atoms with E-state index in [9.17, 15) is 0 Å². The van der Waals surface area contributed by atoms with E-state index < -0.39 is 0 Å². The van der Waals surface area contributed by atoms with Crippen molar-refractivity contribution in [3.05, 3.63) is 137 Å². The predicted molar refractivity (Wildman–Crippen MR) is 236 cm³/mol. The highest BCUT2D eigenvalue weighted by Crippen LogP contribution is 2.48. The van der Waals surface area contributed by atoms with Crippen LogP contribution in [0.2, 0.25) is 0 Å². The molecular weight excluding hydrogens is 683 g/mol. The molecule has 278 valence electrons. The number of likely N-dealkylation sites (N-methyl/N-ethyl adjacent to an activating group) is 1. The molecule has 4 nitrogen and oxygen atoms in total. The van der Waals surface area contributed by atoms with Crippen LogP contribution in [0.15, 0.2) is 102 Å². The Bertz CT molecular complexity index is 3080. The lowest BCUT2D eigenvalue weighted by Gasteiger charge is -2.42. The van der Waals surface area contributed by atoms with Crippen LogP contribution >= 0.6 is 0 Å². The number of aryl methyl sites for hydroxylation is 1. The second-order valence-electron chi connectivity index (χ2n) is 17.9. The molecule has 56 heavy (non-hydrogen) atoms. The van der Waals surface area contributed by atoms with Crippen LogP contribution in [0.4, 0.5) is 0 Å². The van der Waals surface area contributed by atoms with Gasteiger partial charge in [-0.1, -0.05) is 89.3 Å². The molecule has 0 bridgehead atoms. The van der Waals surface area contributed by atoms with Gasteiger partial charge in [0.25, 0.3) is 0 Å². The van der Waals surface area contributed by atoms with Gasteiger partial charge in [0.2, 0.25) is 0 Å². The Labute approximate surface area is 329 Å². The minimum atomic E-state index is 0.0379. The molecule has 3 atom stereocenters. The number of fused-ring (bicyclic) bond motifs is 14. The van der Waals surface area contributed by atoms with Crippen LogP contribution in [0.5, 0.6) is 0 Å². The SMILES string of the molecule is C/C=C\C=C1\c2ccccc2C(C)C(Cc2cc3cc4c(cc3c3[n+]2C=CCC3C)c2cc3c5c(oc3c3c6cc(C(C)(C)C)ccc6n4c23)CCC=C5)N1C. The first-order valence-corrected chi connectivity index (χ1v) is 20.7. The van der Waals surface area contributed by atoms with Gasteiger partial charge < -0.3 is 13.7 Å². The molecular formula is C52H50N3O+. The minimum absolute atomic E-state index is 0.0379. The summed E-state index contributed by atoms with van der Waals surface area (Å²) in [6.45, 7) is 13.9. The zero-order valence-corrected chi connectivity index (χ0v) is 33.7. The van der Waals surface area contributed by atoms with Gasteiger partial charge in [0.05, 0.1) is 33.7 Å². The van der Waals surface area contributed by atoms with Gasteiger partial charge in [-0.2, -0.15) is 4.57 Å². The molecule has 0 radical (unpaired) electrons. The molecule has 8 aromatic rings. The number of pyridine rings is 1. The zero-order chi connectivity index (χ0) is 38.2. The van der Waals surface area contributed by atoms with Gasteiger partial charge in [-0.3, -0.25) is 0 Å². The Balaban J connectivity index is 1.19. The molecule has 0 spiro atoms. The third kappa shape index (κ3) is 4.62. The fourth-order valence-electron chi connectivity index (χ4n) is 10.7. The first-order chi connectivity index (χ1) is 27.1. The van der Waals surface area contributed by atoms with Crippen LogP contribution in [-0.4, -0.2) is 22.4 Å². The maximum atomic E-state index is 6.87. The molecule has 3 unspecified atom stereocenters. The second kappa shape index (κ2) is 11.9. The summed E-state index contributed by atoms with van der Waals surface area (Å²) in [7, 11) is 2.30. The smallest absolute Gasteiger partial charge is 0.198 e. The van der Waals surface area contributed by atoms with Crippen molar-refractivity contribution in [2.24, 2.45) is 0 Å². The van der Waals surface area contributed by atoms with Crippen molar-refractivity contribution < 1.29 is 8.98 Å². The Morgan fingerprint density at radius 2 is 1.73 bits per heavy atom. The molecule has 2 aliphatic heterocycles. The molecule has 4 aromatic carbocycles. The summed E-state index contributed by atoms with van der Waals surface area (Å²) in [5.74, 6) is 1.90. The Morgan fingerprint density at radius 1 is 0.893 bits per heavy atom. The van der Waals surface area contributed by atoms with Crippen molar-refractivity contribution >= 4 is 77.8 Å². The lowest BCUT2D eigenvalue weighted by molar-refractivity contribution is -0.588. The highest BCUT2D eigenvalue weighted by Gasteiger charge is 2.37. The van der Waals surface area contributed by atoms with E-state index in [0.29, 0.717) is 17.9 Å². The number of benzene rings is 4. The molecule has 6 heterocycles. The quantitative estimate of drug-likeness (QED) is 0.169. The molecule has 0 fully saturated rings. The van der Waals surface area contributed by atoms with Gasteiger partial charge in [-0.25, -0.2) is 0 Å². The summed E-state index contributed by atoms with van der Waals surface area (Å²) in [6.07, 6.45) is 19.9. The summed E-state index contributed by atoms with van der Waals surface area (Å²) < 4.78 is 12.0. The van der Waals surface area contributed by atoms with E-state index in [2.05, 4.69) is 172 Å². The van der Waals surface area contributed by atoms with Crippen molar-refractivity contribution in [2.45, 2.75) is 90.5 Å². The largest absolute Gasteiger partial charge is 0.460 e. The van der Waals surface area contributed by atoms with E-state index in [4.69, 9.17) is 4.42 Å². The number of nitrogens with zero attached hydrogens (tertiary/aromatic N) is 3. The van der Waals surface area contributed by atoms with E-state index >= 15 is 0 Å². The highest BCUT2D eigenvalue weighted by atomic mass is 16.3. The minimum Gasteiger partial charge on any atom is -0.460 e.